The van der Waals surface area contributed by atoms with Crippen molar-refractivity contribution in [3.63, 3.8) is 0 Å². The maximum atomic E-state index is 8.62. The molecule has 0 aliphatic rings. The second-order valence-electron chi connectivity index (χ2n) is 4.12. The van der Waals surface area contributed by atoms with E-state index in [0.29, 0.717) is 6.61 Å². The van der Waals surface area contributed by atoms with E-state index in [2.05, 4.69) is 11.8 Å². The van der Waals surface area contributed by atoms with Gasteiger partial charge < -0.3 is 14.6 Å². The van der Waals surface area contributed by atoms with Crippen LogP contribution in [0.25, 0.3) is 0 Å². The predicted molar refractivity (Wildman–Crippen MR) is 77.7 cm³/mol. The highest BCUT2D eigenvalue weighted by Gasteiger charge is 1.97. The number of ether oxygens (including phenoxy) is 2. The Labute approximate surface area is 118 Å². The van der Waals surface area contributed by atoms with Gasteiger partial charge in [-0.3, -0.25) is 0 Å². The largest absolute Gasteiger partial charge is 0.497 e. The molecule has 102 valence electrons. The van der Waals surface area contributed by atoms with E-state index in [1.807, 2.05) is 48.5 Å². The van der Waals surface area contributed by atoms with Gasteiger partial charge in [0.15, 0.2) is 0 Å². The van der Waals surface area contributed by atoms with Gasteiger partial charge in [0.25, 0.3) is 0 Å². The van der Waals surface area contributed by atoms with Crippen molar-refractivity contribution in [1.82, 2.24) is 0 Å². The van der Waals surface area contributed by atoms with E-state index in [1.54, 1.807) is 7.11 Å². The van der Waals surface area contributed by atoms with Crippen molar-refractivity contribution in [2.45, 2.75) is 6.61 Å². The van der Waals surface area contributed by atoms with E-state index >= 15 is 0 Å². The second-order valence-corrected chi connectivity index (χ2v) is 4.12. The van der Waals surface area contributed by atoms with Crippen molar-refractivity contribution in [3.8, 4) is 23.3 Å². The van der Waals surface area contributed by atoms with E-state index in [-0.39, 0.29) is 6.61 Å². The summed E-state index contributed by atoms with van der Waals surface area (Å²) >= 11 is 0. The molecule has 0 saturated carbocycles. The van der Waals surface area contributed by atoms with Crippen LogP contribution >= 0.6 is 0 Å². The van der Waals surface area contributed by atoms with Crippen molar-refractivity contribution in [1.29, 1.82) is 0 Å². The third-order valence-corrected chi connectivity index (χ3v) is 2.73. The SMILES string of the molecule is COc1ccc(COc2ccc(C#CCO)cc2)cc1. The molecule has 0 saturated heterocycles. The van der Waals surface area contributed by atoms with E-state index in [0.717, 1.165) is 22.6 Å². The summed E-state index contributed by atoms with van der Waals surface area (Å²) in [4.78, 5) is 0. The highest BCUT2D eigenvalue weighted by Crippen LogP contribution is 2.16. The average Bonchev–Trinajstić information content (AvgIpc) is 2.52. The molecular weight excluding hydrogens is 252 g/mol. The third kappa shape index (κ3) is 4.04. The Kier molecular flexibility index (Phi) is 5.05. The van der Waals surface area contributed by atoms with Crippen molar-refractivity contribution in [2.24, 2.45) is 0 Å². The molecule has 0 atom stereocenters. The number of hydrogen-bond acceptors (Lipinski definition) is 3. The second kappa shape index (κ2) is 7.22. The van der Waals surface area contributed by atoms with Gasteiger partial charge in [-0.1, -0.05) is 24.0 Å². The van der Waals surface area contributed by atoms with Crippen LogP contribution in [-0.4, -0.2) is 18.8 Å². The average molecular weight is 268 g/mol. The number of aliphatic hydroxyl groups is 1. The van der Waals surface area contributed by atoms with Gasteiger partial charge in [-0.05, 0) is 42.0 Å². The molecule has 0 aliphatic heterocycles. The Morgan fingerprint density at radius 3 is 2.20 bits per heavy atom. The summed E-state index contributed by atoms with van der Waals surface area (Å²) in [6, 6.07) is 15.2. The van der Waals surface area contributed by atoms with Crippen molar-refractivity contribution in [2.75, 3.05) is 13.7 Å². The normalized spacial score (nSPS) is 9.50. The zero-order chi connectivity index (χ0) is 14.2. The van der Waals surface area contributed by atoms with Gasteiger partial charge in [-0.2, -0.15) is 0 Å². The maximum absolute atomic E-state index is 8.62. The fourth-order valence-corrected chi connectivity index (χ4v) is 1.66. The molecule has 0 fully saturated rings. The van der Waals surface area contributed by atoms with Crippen LogP contribution in [0.4, 0.5) is 0 Å². The first-order valence-electron chi connectivity index (χ1n) is 6.27. The summed E-state index contributed by atoms with van der Waals surface area (Å²) < 4.78 is 10.8. The molecule has 3 heteroatoms. The summed E-state index contributed by atoms with van der Waals surface area (Å²) in [5.74, 6) is 7.07. The highest BCUT2D eigenvalue weighted by atomic mass is 16.5. The van der Waals surface area contributed by atoms with Gasteiger partial charge in [0, 0.05) is 5.56 Å². The third-order valence-electron chi connectivity index (χ3n) is 2.73. The van der Waals surface area contributed by atoms with E-state index in [4.69, 9.17) is 14.6 Å². The van der Waals surface area contributed by atoms with Gasteiger partial charge in [-0.15, -0.1) is 0 Å². The van der Waals surface area contributed by atoms with Crippen LogP contribution in [0.2, 0.25) is 0 Å². The molecule has 0 heterocycles. The number of benzene rings is 2. The molecule has 0 unspecified atom stereocenters. The molecule has 0 amide bonds. The Bertz CT molecular complexity index is 589. The van der Waals surface area contributed by atoms with E-state index < -0.39 is 0 Å². The van der Waals surface area contributed by atoms with Crippen LogP contribution in [0, 0.1) is 11.8 Å². The quantitative estimate of drug-likeness (QED) is 0.866. The summed E-state index contributed by atoms with van der Waals surface area (Å²) in [6.45, 7) is 0.376. The Morgan fingerprint density at radius 1 is 0.950 bits per heavy atom. The molecule has 3 nitrogen and oxygen atoms in total. The molecule has 0 radical (unpaired) electrons. The summed E-state index contributed by atoms with van der Waals surface area (Å²) in [5.41, 5.74) is 1.94. The minimum absolute atomic E-state index is 0.129. The van der Waals surface area contributed by atoms with E-state index in [1.165, 1.54) is 0 Å². The number of methoxy groups -OCH3 is 1. The minimum Gasteiger partial charge on any atom is -0.497 e. The minimum atomic E-state index is -0.129. The maximum Gasteiger partial charge on any atom is 0.119 e. The molecule has 0 aliphatic carbocycles. The summed E-state index contributed by atoms with van der Waals surface area (Å²) in [5, 5.41) is 8.62. The van der Waals surface area contributed by atoms with Crippen molar-refractivity contribution >= 4 is 0 Å². The summed E-state index contributed by atoms with van der Waals surface area (Å²) in [6.07, 6.45) is 0. The summed E-state index contributed by atoms with van der Waals surface area (Å²) in [7, 11) is 1.65. The molecule has 2 aromatic rings. The topological polar surface area (TPSA) is 38.7 Å². The van der Waals surface area contributed by atoms with Gasteiger partial charge in [0.2, 0.25) is 0 Å². The molecule has 2 aromatic carbocycles. The van der Waals surface area contributed by atoms with Crippen molar-refractivity contribution in [3.05, 3.63) is 59.7 Å². The molecule has 0 spiro atoms. The van der Waals surface area contributed by atoms with Gasteiger partial charge in [-0.25, -0.2) is 0 Å². The first kappa shape index (κ1) is 14.0. The molecule has 1 N–H and O–H groups in total. The van der Waals surface area contributed by atoms with Crippen molar-refractivity contribution < 1.29 is 14.6 Å². The number of rotatable bonds is 4. The monoisotopic (exact) mass is 268 g/mol. The fraction of sp³-hybridized carbons (Fsp3) is 0.176. The Balaban J connectivity index is 1.93. The molecule has 2 rings (SSSR count). The van der Waals surface area contributed by atoms with Gasteiger partial charge in [0.05, 0.1) is 7.11 Å². The van der Waals surface area contributed by atoms with Crippen LogP contribution in [0.1, 0.15) is 11.1 Å². The molecular formula is C17H16O3. The van der Waals surface area contributed by atoms with Crippen LogP contribution in [0.15, 0.2) is 48.5 Å². The lowest BCUT2D eigenvalue weighted by Crippen LogP contribution is -1.95. The molecule has 20 heavy (non-hydrogen) atoms. The Morgan fingerprint density at radius 2 is 1.60 bits per heavy atom. The first-order valence-corrected chi connectivity index (χ1v) is 6.27. The van der Waals surface area contributed by atoms with Gasteiger partial charge in [0.1, 0.15) is 24.7 Å². The lowest BCUT2D eigenvalue weighted by molar-refractivity contribution is 0.306. The first-order chi connectivity index (χ1) is 9.81. The lowest BCUT2D eigenvalue weighted by atomic mass is 10.2. The number of aliphatic hydroxyl groups excluding tert-OH is 1. The predicted octanol–water partition coefficient (Wildman–Crippen LogP) is 2.62. The zero-order valence-electron chi connectivity index (χ0n) is 11.3. The van der Waals surface area contributed by atoms with Crippen LogP contribution in [-0.2, 0) is 6.61 Å². The highest BCUT2D eigenvalue weighted by molar-refractivity contribution is 5.38. The van der Waals surface area contributed by atoms with Crippen LogP contribution < -0.4 is 9.47 Å². The van der Waals surface area contributed by atoms with Crippen LogP contribution in [0.5, 0.6) is 11.5 Å². The number of hydrogen-bond donors (Lipinski definition) is 1. The lowest BCUT2D eigenvalue weighted by Gasteiger charge is -2.07. The van der Waals surface area contributed by atoms with Crippen LogP contribution in [0.3, 0.4) is 0 Å². The Hall–Kier alpha value is -2.44. The standard InChI is InChI=1S/C17H16O3/c1-19-16-8-6-15(7-9-16)13-20-17-10-4-14(5-11-17)3-2-12-18/h4-11,18H,12-13H2,1H3. The molecule has 0 aromatic heterocycles. The zero-order valence-corrected chi connectivity index (χ0v) is 11.3. The molecule has 0 bridgehead atoms. The fourth-order valence-electron chi connectivity index (χ4n) is 1.66. The van der Waals surface area contributed by atoms with Gasteiger partial charge >= 0.3 is 0 Å². The smallest absolute Gasteiger partial charge is 0.119 e. The van der Waals surface area contributed by atoms with E-state index in [9.17, 15) is 0 Å².